The molecule has 0 amide bonds. The fraction of sp³-hybridized carbons (Fsp3) is 0.848. The van der Waals surface area contributed by atoms with E-state index in [2.05, 4.69) is 40.7 Å². The monoisotopic (exact) mass is 514 g/mol. The molecular weight excluding hydrogens is 460 g/mol. The average molecular weight is 515 g/mol. The molecule has 0 aromatic rings. The lowest BCUT2D eigenvalue weighted by Gasteiger charge is -2.58. The van der Waals surface area contributed by atoms with Gasteiger partial charge in [-0.3, -0.25) is 4.79 Å². The molecule has 0 bridgehead atoms. The number of ether oxygens (including phenoxy) is 1. The Hall–Kier alpha value is -1.13. The number of rotatable bonds is 11. The van der Waals surface area contributed by atoms with Gasteiger partial charge in [0, 0.05) is 0 Å². The topological polar surface area (TPSA) is 66.8 Å². The Morgan fingerprint density at radius 1 is 1.11 bits per heavy atom. The maximum atomic E-state index is 10.7. The predicted octanol–water partition coefficient (Wildman–Crippen LogP) is 7.80. The highest BCUT2D eigenvalue weighted by molar-refractivity contribution is 5.67. The summed E-state index contributed by atoms with van der Waals surface area (Å²) in [6.07, 6.45) is 19.5. The first-order valence-corrected chi connectivity index (χ1v) is 15.4. The Labute approximate surface area is 226 Å². The molecule has 210 valence electrons. The summed E-state index contributed by atoms with van der Waals surface area (Å²) in [6, 6.07) is 0. The molecule has 4 nitrogen and oxygen atoms in total. The van der Waals surface area contributed by atoms with Gasteiger partial charge in [0.1, 0.15) is 0 Å². The molecule has 0 radical (unpaired) electrons. The van der Waals surface area contributed by atoms with Crippen LogP contribution in [-0.2, 0) is 9.53 Å². The van der Waals surface area contributed by atoms with Gasteiger partial charge in [-0.1, -0.05) is 77.7 Å². The fourth-order valence-electron chi connectivity index (χ4n) is 9.45. The Kier molecular flexibility index (Phi) is 9.32. The van der Waals surface area contributed by atoms with Crippen molar-refractivity contribution in [1.29, 1.82) is 0 Å². The third-order valence-electron chi connectivity index (χ3n) is 11.4. The van der Waals surface area contributed by atoms with Crippen LogP contribution < -0.4 is 0 Å². The van der Waals surface area contributed by atoms with Crippen molar-refractivity contribution in [3.63, 3.8) is 0 Å². The number of carboxylic acid groups (broad SMARTS) is 1. The minimum Gasteiger partial charge on any atom is -0.481 e. The van der Waals surface area contributed by atoms with Crippen LogP contribution in [0.3, 0.4) is 0 Å². The maximum absolute atomic E-state index is 10.7. The second-order valence-corrected chi connectivity index (χ2v) is 14.1. The molecule has 9 atom stereocenters. The minimum absolute atomic E-state index is 0.230. The summed E-state index contributed by atoms with van der Waals surface area (Å²) in [5.74, 6) is 4.20. The number of carbonyl (C=O) groups is 1. The Bertz CT molecular complexity index is 845. The molecule has 37 heavy (non-hydrogen) atoms. The smallest absolute Gasteiger partial charge is 0.306 e. The van der Waals surface area contributed by atoms with Crippen molar-refractivity contribution >= 4 is 5.97 Å². The highest BCUT2D eigenvalue weighted by Crippen LogP contribution is 2.67. The molecule has 4 aliphatic rings. The first-order valence-electron chi connectivity index (χ1n) is 15.4. The fourth-order valence-corrected chi connectivity index (χ4v) is 9.45. The standard InChI is InChI=1S/C33H54O4/c1-22(2)8-6-9-23(3)28-13-14-29-27-12-11-24-20-26(37-19-7-10-25(34)21-31(35)36)15-17-32(24,4)30(27)16-18-33(28,29)5/h7,10-11,22-23,25-30,34H,6,8-9,12-21H2,1-5H3,(H,35,36)/b10-7+/t23-,25?,26+,27?,28-,29?,30?,32+,33-/m1/s1. The molecule has 2 N–H and O–H groups in total. The molecule has 0 saturated heterocycles. The van der Waals surface area contributed by atoms with Crippen LogP contribution in [0.15, 0.2) is 23.8 Å². The lowest BCUT2D eigenvalue weighted by Crippen LogP contribution is -2.51. The molecule has 4 heteroatoms. The van der Waals surface area contributed by atoms with Crippen LogP contribution in [0.25, 0.3) is 0 Å². The molecule has 3 saturated carbocycles. The summed E-state index contributed by atoms with van der Waals surface area (Å²) < 4.78 is 6.15. The van der Waals surface area contributed by atoms with Gasteiger partial charge < -0.3 is 14.9 Å². The van der Waals surface area contributed by atoms with Gasteiger partial charge in [0.05, 0.1) is 25.2 Å². The van der Waals surface area contributed by atoms with Crippen LogP contribution in [-0.4, -0.2) is 35.0 Å². The molecule has 0 heterocycles. The number of fused-ring (bicyclic) bond motifs is 5. The first kappa shape index (κ1) is 28.9. The van der Waals surface area contributed by atoms with Crippen molar-refractivity contribution in [3.8, 4) is 0 Å². The Morgan fingerprint density at radius 2 is 1.89 bits per heavy atom. The Balaban J connectivity index is 1.35. The number of aliphatic hydroxyl groups excluding tert-OH is 1. The Morgan fingerprint density at radius 3 is 2.62 bits per heavy atom. The zero-order valence-electron chi connectivity index (χ0n) is 24.3. The van der Waals surface area contributed by atoms with Gasteiger partial charge in [0.15, 0.2) is 0 Å². The van der Waals surface area contributed by atoms with Crippen molar-refractivity contribution in [3.05, 3.63) is 23.8 Å². The summed E-state index contributed by atoms with van der Waals surface area (Å²) in [5, 5.41) is 18.5. The van der Waals surface area contributed by atoms with E-state index in [0.717, 1.165) is 48.3 Å². The molecule has 4 aliphatic carbocycles. The second kappa shape index (κ2) is 11.9. The summed E-state index contributed by atoms with van der Waals surface area (Å²) >= 11 is 0. The predicted molar refractivity (Wildman–Crippen MR) is 150 cm³/mol. The normalized spacial score (nSPS) is 39.1. The largest absolute Gasteiger partial charge is 0.481 e. The van der Waals surface area contributed by atoms with E-state index < -0.39 is 12.1 Å². The van der Waals surface area contributed by atoms with Gasteiger partial charge in [-0.15, -0.1) is 0 Å². The summed E-state index contributed by atoms with van der Waals surface area (Å²) in [6.45, 7) is 13.0. The van der Waals surface area contributed by atoms with Crippen LogP contribution in [0.5, 0.6) is 0 Å². The molecule has 0 aromatic carbocycles. The molecule has 0 spiro atoms. The van der Waals surface area contributed by atoms with E-state index in [1.54, 1.807) is 17.7 Å². The van der Waals surface area contributed by atoms with E-state index in [4.69, 9.17) is 9.84 Å². The number of allylic oxidation sites excluding steroid dienone is 1. The second-order valence-electron chi connectivity index (χ2n) is 14.1. The minimum atomic E-state index is -0.987. The lowest BCUT2D eigenvalue weighted by molar-refractivity contribution is -0.138. The SMILES string of the molecule is CC(C)CCC[C@@H](C)[C@H]1CCC2C3CC=C4C[C@@H](OC/C=C/C(O)CC(=O)O)CC[C@]4(C)C3CC[C@@]21C. The average Bonchev–Trinajstić information content (AvgIpc) is 3.18. The zero-order chi connectivity index (χ0) is 26.8. The van der Waals surface area contributed by atoms with E-state index in [-0.39, 0.29) is 12.5 Å². The summed E-state index contributed by atoms with van der Waals surface area (Å²) in [4.78, 5) is 10.7. The number of hydrogen-bond donors (Lipinski definition) is 2. The quantitative estimate of drug-likeness (QED) is 0.276. The van der Waals surface area contributed by atoms with Crippen molar-refractivity contribution in [1.82, 2.24) is 0 Å². The van der Waals surface area contributed by atoms with E-state index in [1.807, 2.05) is 0 Å². The van der Waals surface area contributed by atoms with Gasteiger partial charge in [-0.2, -0.15) is 0 Å². The highest BCUT2D eigenvalue weighted by Gasteiger charge is 2.59. The summed E-state index contributed by atoms with van der Waals surface area (Å²) in [7, 11) is 0. The van der Waals surface area contributed by atoms with Crippen LogP contribution in [0.1, 0.15) is 112 Å². The van der Waals surface area contributed by atoms with Gasteiger partial charge in [-0.05, 0) is 97.7 Å². The zero-order valence-corrected chi connectivity index (χ0v) is 24.3. The van der Waals surface area contributed by atoms with Gasteiger partial charge in [0.25, 0.3) is 0 Å². The molecular formula is C33H54O4. The number of aliphatic carboxylic acids is 1. The van der Waals surface area contributed by atoms with Gasteiger partial charge >= 0.3 is 5.97 Å². The molecule has 4 unspecified atom stereocenters. The van der Waals surface area contributed by atoms with Crippen molar-refractivity contribution in [2.24, 2.45) is 46.3 Å². The molecule has 0 aliphatic heterocycles. The molecule has 0 aromatic heterocycles. The molecule has 3 fully saturated rings. The van der Waals surface area contributed by atoms with Crippen molar-refractivity contribution < 1.29 is 19.7 Å². The van der Waals surface area contributed by atoms with Crippen molar-refractivity contribution in [2.75, 3.05) is 6.61 Å². The number of aliphatic hydroxyl groups is 1. The van der Waals surface area contributed by atoms with Gasteiger partial charge in [0.2, 0.25) is 0 Å². The van der Waals surface area contributed by atoms with Crippen LogP contribution >= 0.6 is 0 Å². The lowest BCUT2D eigenvalue weighted by atomic mass is 9.47. The van der Waals surface area contributed by atoms with E-state index in [9.17, 15) is 9.90 Å². The third-order valence-corrected chi connectivity index (χ3v) is 11.4. The van der Waals surface area contributed by atoms with Crippen LogP contribution in [0, 0.1) is 46.3 Å². The molecule has 4 rings (SSSR count). The number of carboxylic acids is 1. The van der Waals surface area contributed by atoms with Gasteiger partial charge in [-0.25, -0.2) is 0 Å². The van der Waals surface area contributed by atoms with E-state index in [0.29, 0.717) is 17.4 Å². The summed E-state index contributed by atoms with van der Waals surface area (Å²) in [5.41, 5.74) is 2.51. The number of hydrogen-bond acceptors (Lipinski definition) is 3. The maximum Gasteiger partial charge on any atom is 0.306 e. The van der Waals surface area contributed by atoms with E-state index >= 15 is 0 Å². The first-order chi connectivity index (χ1) is 17.5. The van der Waals surface area contributed by atoms with Crippen LogP contribution in [0.2, 0.25) is 0 Å². The van der Waals surface area contributed by atoms with Crippen molar-refractivity contribution in [2.45, 2.75) is 124 Å². The van der Waals surface area contributed by atoms with E-state index in [1.165, 1.54) is 57.8 Å². The van der Waals surface area contributed by atoms with Crippen LogP contribution in [0.4, 0.5) is 0 Å². The highest BCUT2D eigenvalue weighted by atomic mass is 16.5. The third kappa shape index (κ3) is 6.21.